The zero-order valence-corrected chi connectivity index (χ0v) is 14.0. The molecule has 5 rings (SSSR count). The predicted octanol–water partition coefficient (Wildman–Crippen LogP) is 3.83. The maximum Gasteiger partial charge on any atom is 0.262 e. The third kappa shape index (κ3) is 1.66. The number of aliphatic hydroxyl groups excluding tert-OH is 1. The van der Waals surface area contributed by atoms with Crippen molar-refractivity contribution in [3.05, 3.63) is 75.2 Å². The molecular weight excluding hydrogens is 368 g/mol. The van der Waals surface area contributed by atoms with Gasteiger partial charge in [-0.05, 0) is 29.1 Å². The van der Waals surface area contributed by atoms with E-state index in [0.29, 0.717) is 5.39 Å². The summed E-state index contributed by atoms with van der Waals surface area (Å²) in [6, 6.07) is 13.5. The van der Waals surface area contributed by atoms with Crippen molar-refractivity contribution >= 4 is 37.6 Å². The Morgan fingerprint density at radius 3 is 2.75 bits per heavy atom. The number of aromatic nitrogens is 2. The van der Waals surface area contributed by atoms with Gasteiger partial charge in [0.15, 0.2) is 6.23 Å². The Hall–Kier alpha value is -2.50. The molecule has 0 radical (unpaired) electrons. The Kier molecular flexibility index (Phi) is 2.75. The molecule has 0 saturated heterocycles. The smallest absolute Gasteiger partial charge is 0.262 e. The van der Waals surface area contributed by atoms with Crippen molar-refractivity contribution in [1.29, 1.82) is 0 Å². The molecule has 0 aliphatic carbocycles. The van der Waals surface area contributed by atoms with Crippen LogP contribution in [-0.2, 0) is 0 Å². The van der Waals surface area contributed by atoms with Gasteiger partial charge in [-0.3, -0.25) is 14.3 Å². The van der Waals surface area contributed by atoms with Gasteiger partial charge in [0.2, 0.25) is 0 Å². The van der Waals surface area contributed by atoms with Crippen LogP contribution in [0.15, 0.2) is 64.1 Å². The summed E-state index contributed by atoms with van der Waals surface area (Å²) in [5.74, 6) is 0. The Bertz CT molecular complexity index is 1210. The van der Waals surface area contributed by atoms with Crippen LogP contribution in [0, 0.1) is 0 Å². The van der Waals surface area contributed by atoms with Crippen molar-refractivity contribution in [3.63, 3.8) is 0 Å². The average Bonchev–Trinajstić information content (AvgIpc) is 2.61. The molecule has 1 atom stereocenters. The van der Waals surface area contributed by atoms with Gasteiger partial charge in [-0.1, -0.05) is 40.2 Å². The molecule has 116 valence electrons. The lowest BCUT2D eigenvalue weighted by Gasteiger charge is -2.28. The second kappa shape index (κ2) is 4.75. The molecule has 4 nitrogen and oxygen atoms in total. The van der Waals surface area contributed by atoms with Crippen LogP contribution in [-0.4, -0.2) is 14.7 Å². The minimum atomic E-state index is -1.01. The minimum Gasteiger partial charge on any atom is -0.369 e. The van der Waals surface area contributed by atoms with Gasteiger partial charge in [0.05, 0.1) is 10.9 Å². The van der Waals surface area contributed by atoms with E-state index in [-0.39, 0.29) is 5.56 Å². The number of fused-ring (bicyclic) bond motifs is 4. The molecule has 0 saturated carbocycles. The quantitative estimate of drug-likeness (QED) is 0.473. The molecule has 2 aromatic heterocycles. The molecule has 0 fully saturated rings. The summed E-state index contributed by atoms with van der Waals surface area (Å²) in [6.07, 6.45) is 2.24. The topological polar surface area (TPSA) is 55.1 Å². The first-order valence-electron chi connectivity index (χ1n) is 7.55. The van der Waals surface area contributed by atoms with Crippen molar-refractivity contribution in [2.75, 3.05) is 0 Å². The molecule has 1 aliphatic heterocycles. The van der Waals surface area contributed by atoms with Crippen molar-refractivity contribution in [2.45, 2.75) is 6.23 Å². The van der Waals surface area contributed by atoms with Crippen LogP contribution in [0.5, 0.6) is 0 Å². The highest BCUT2D eigenvalue weighted by Crippen LogP contribution is 2.42. The number of nitrogens with zero attached hydrogens (tertiary/aromatic N) is 2. The van der Waals surface area contributed by atoms with Gasteiger partial charge in [0.25, 0.3) is 5.56 Å². The number of benzene rings is 2. The fraction of sp³-hybridized carbons (Fsp3) is 0.0526. The van der Waals surface area contributed by atoms with Crippen LogP contribution in [0.4, 0.5) is 0 Å². The predicted molar refractivity (Wildman–Crippen MR) is 97.0 cm³/mol. The van der Waals surface area contributed by atoms with Crippen LogP contribution < -0.4 is 5.56 Å². The van der Waals surface area contributed by atoms with Gasteiger partial charge in [0, 0.05) is 33.4 Å². The molecule has 1 N–H and O–H groups in total. The van der Waals surface area contributed by atoms with Gasteiger partial charge in [-0.2, -0.15) is 0 Å². The summed E-state index contributed by atoms with van der Waals surface area (Å²) < 4.78 is 2.41. The molecule has 5 heteroatoms. The third-order valence-corrected chi connectivity index (χ3v) is 5.11. The van der Waals surface area contributed by atoms with E-state index in [1.54, 1.807) is 12.4 Å². The zero-order valence-electron chi connectivity index (χ0n) is 12.4. The Labute approximate surface area is 145 Å². The second-order valence-electron chi connectivity index (χ2n) is 5.91. The SMILES string of the molecule is O=c1c2cnccc2c2cc(Br)cc3c2n1C(O)c1ccccc1-3. The number of aliphatic hydroxyl groups is 1. The van der Waals surface area contributed by atoms with Gasteiger partial charge in [-0.15, -0.1) is 0 Å². The average molecular weight is 379 g/mol. The van der Waals surface area contributed by atoms with Crippen LogP contribution in [0.1, 0.15) is 11.8 Å². The lowest BCUT2D eigenvalue weighted by molar-refractivity contribution is 0.147. The van der Waals surface area contributed by atoms with Crippen molar-refractivity contribution in [3.8, 4) is 11.1 Å². The number of rotatable bonds is 0. The number of hydrogen-bond acceptors (Lipinski definition) is 3. The third-order valence-electron chi connectivity index (χ3n) is 4.65. The van der Waals surface area contributed by atoms with Crippen LogP contribution in [0.3, 0.4) is 0 Å². The number of pyridine rings is 2. The molecule has 2 aromatic carbocycles. The highest BCUT2D eigenvalue weighted by atomic mass is 79.9. The van der Waals surface area contributed by atoms with Gasteiger partial charge < -0.3 is 5.11 Å². The van der Waals surface area contributed by atoms with Crippen molar-refractivity contribution in [1.82, 2.24) is 9.55 Å². The van der Waals surface area contributed by atoms with Crippen LogP contribution in [0.25, 0.3) is 32.8 Å². The van der Waals surface area contributed by atoms with E-state index in [0.717, 1.165) is 37.5 Å². The van der Waals surface area contributed by atoms with E-state index in [9.17, 15) is 9.90 Å². The van der Waals surface area contributed by atoms with Gasteiger partial charge >= 0.3 is 0 Å². The summed E-state index contributed by atoms with van der Waals surface area (Å²) >= 11 is 3.58. The van der Waals surface area contributed by atoms with E-state index >= 15 is 0 Å². The molecule has 3 heterocycles. The monoisotopic (exact) mass is 378 g/mol. The molecule has 1 unspecified atom stereocenters. The van der Waals surface area contributed by atoms with Crippen molar-refractivity contribution < 1.29 is 5.11 Å². The Balaban J connectivity index is 2.14. The highest BCUT2D eigenvalue weighted by Gasteiger charge is 2.27. The van der Waals surface area contributed by atoms with E-state index in [1.165, 1.54) is 4.57 Å². The van der Waals surface area contributed by atoms with E-state index in [2.05, 4.69) is 20.9 Å². The first-order chi connectivity index (χ1) is 11.7. The normalized spacial score (nSPS) is 15.7. The fourth-order valence-electron chi connectivity index (χ4n) is 3.64. The summed E-state index contributed by atoms with van der Waals surface area (Å²) in [6.45, 7) is 0. The molecule has 0 spiro atoms. The van der Waals surface area contributed by atoms with Crippen LogP contribution >= 0.6 is 15.9 Å². The molecule has 24 heavy (non-hydrogen) atoms. The summed E-state index contributed by atoms with van der Waals surface area (Å²) in [4.78, 5) is 17.1. The van der Waals surface area contributed by atoms with Crippen molar-refractivity contribution in [2.24, 2.45) is 0 Å². The van der Waals surface area contributed by atoms with Crippen LogP contribution in [0.2, 0.25) is 0 Å². The lowest BCUT2D eigenvalue weighted by atomic mass is 9.91. The van der Waals surface area contributed by atoms with E-state index in [4.69, 9.17) is 0 Å². The molecule has 0 bridgehead atoms. The molecule has 1 aliphatic rings. The largest absolute Gasteiger partial charge is 0.369 e. The Morgan fingerprint density at radius 2 is 1.88 bits per heavy atom. The molecule has 0 amide bonds. The number of hydrogen-bond donors (Lipinski definition) is 1. The van der Waals surface area contributed by atoms with E-state index < -0.39 is 6.23 Å². The maximum absolute atomic E-state index is 13.0. The lowest BCUT2D eigenvalue weighted by Crippen LogP contribution is -2.29. The highest BCUT2D eigenvalue weighted by molar-refractivity contribution is 9.10. The maximum atomic E-state index is 13.0. The first kappa shape index (κ1) is 13.9. The van der Waals surface area contributed by atoms with E-state index in [1.807, 2.05) is 42.5 Å². The molecule has 4 aromatic rings. The minimum absolute atomic E-state index is 0.226. The summed E-state index contributed by atoms with van der Waals surface area (Å²) in [7, 11) is 0. The standard InChI is InChI=1S/C19H11BrN2O2/c20-10-7-14-11-3-1-2-4-13(11)18(23)22-17(14)15(8-10)12-5-6-21-9-16(12)19(22)24/h1-9,18,23H. The van der Waals surface area contributed by atoms with Gasteiger partial charge in [-0.25, -0.2) is 0 Å². The second-order valence-corrected chi connectivity index (χ2v) is 6.82. The fourth-order valence-corrected chi connectivity index (χ4v) is 4.10. The van der Waals surface area contributed by atoms with Gasteiger partial charge in [0.1, 0.15) is 0 Å². The summed E-state index contributed by atoms with van der Waals surface area (Å²) in [5, 5.41) is 13.1. The molecular formula is C19H11BrN2O2. The summed E-state index contributed by atoms with van der Waals surface area (Å²) in [5.41, 5.74) is 3.15. The first-order valence-corrected chi connectivity index (χ1v) is 8.35. The number of halogens is 1. The zero-order chi connectivity index (χ0) is 16.4. The Morgan fingerprint density at radius 1 is 1.04 bits per heavy atom.